The Morgan fingerprint density at radius 3 is 2.61 bits per heavy atom. The minimum absolute atomic E-state index is 0.211. The second-order valence-electron chi connectivity index (χ2n) is 6.27. The molecule has 144 valence electrons. The Labute approximate surface area is 173 Å². The average Bonchev–Trinajstić information content (AvgIpc) is 3.10. The van der Waals surface area contributed by atoms with Gasteiger partial charge in [-0.2, -0.15) is 5.10 Å². The van der Waals surface area contributed by atoms with E-state index >= 15 is 0 Å². The molecule has 2 aromatic carbocycles. The van der Waals surface area contributed by atoms with Crippen LogP contribution in [-0.2, 0) is 21.3 Å². The van der Waals surface area contributed by atoms with Gasteiger partial charge in [0.2, 0.25) is 0 Å². The molecule has 0 radical (unpaired) electrons. The Morgan fingerprint density at radius 1 is 1.18 bits per heavy atom. The fourth-order valence-corrected chi connectivity index (χ4v) is 5.04. The molecule has 10 heteroatoms. The summed E-state index contributed by atoms with van der Waals surface area (Å²) in [6.45, 7) is 0. The van der Waals surface area contributed by atoms with E-state index in [1.807, 2.05) is 0 Å². The summed E-state index contributed by atoms with van der Waals surface area (Å²) in [6.07, 6.45) is 0. The lowest BCUT2D eigenvalue weighted by atomic mass is 10.2. The Morgan fingerprint density at radius 2 is 1.89 bits per heavy atom. The summed E-state index contributed by atoms with van der Waals surface area (Å²) in [5, 5.41) is 7.30. The topological polar surface area (TPSA) is 81.1 Å². The van der Waals surface area contributed by atoms with Crippen LogP contribution in [0.5, 0.6) is 0 Å². The minimum atomic E-state index is -3.33. The summed E-state index contributed by atoms with van der Waals surface area (Å²) in [5.41, 5.74) is 1.49. The first-order valence-electron chi connectivity index (χ1n) is 8.07. The third-order valence-corrected chi connectivity index (χ3v) is 6.53. The Kier molecular flexibility index (Phi) is 4.76. The highest BCUT2D eigenvalue weighted by Gasteiger charge is 2.33. The molecular weight excluding hydrogens is 473 g/mol. The highest BCUT2D eigenvalue weighted by atomic mass is 79.9. The molecule has 2 heterocycles. The SMILES string of the molecule is O=C(Nc1c2c(nn1-c1ccc(F)cc1)CS(=O)(=O)C2)c1cc(Br)ccc1Cl. The normalized spacial score (nSPS) is 14.7. The van der Waals surface area contributed by atoms with E-state index in [0.29, 0.717) is 21.4 Å². The molecule has 6 nitrogen and oxygen atoms in total. The molecule has 1 N–H and O–H groups in total. The number of carbonyl (C=O) groups is 1. The van der Waals surface area contributed by atoms with Crippen molar-refractivity contribution in [2.24, 2.45) is 0 Å². The van der Waals surface area contributed by atoms with Crippen molar-refractivity contribution >= 4 is 49.1 Å². The molecule has 1 aliphatic heterocycles. The molecule has 0 fully saturated rings. The molecule has 0 saturated carbocycles. The standard InChI is InChI=1S/C18H12BrClFN3O3S/c19-10-1-6-15(20)13(7-10)18(25)22-17-14-8-28(26,27)9-16(14)23-24(17)12-4-2-11(21)3-5-12/h1-7H,8-9H2,(H,22,25). The Hall–Kier alpha value is -2.23. The lowest BCUT2D eigenvalue weighted by Crippen LogP contribution is -2.17. The quantitative estimate of drug-likeness (QED) is 0.607. The summed E-state index contributed by atoms with van der Waals surface area (Å²) in [5.74, 6) is -1.15. The van der Waals surface area contributed by atoms with E-state index in [0.717, 1.165) is 0 Å². The van der Waals surface area contributed by atoms with E-state index in [9.17, 15) is 17.6 Å². The number of nitrogens with zero attached hydrogens (tertiary/aromatic N) is 2. The molecule has 3 aromatic rings. The van der Waals surface area contributed by atoms with E-state index in [-0.39, 0.29) is 27.9 Å². The predicted molar refractivity (Wildman–Crippen MR) is 107 cm³/mol. The van der Waals surface area contributed by atoms with E-state index in [2.05, 4.69) is 26.3 Å². The number of fused-ring (bicyclic) bond motifs is 1. The molecule has 0 saturated heterocycles. The van der Waals surface area contributed by atoms with Crippen molar-refractivity contribution in [2.75, 3.05) is 5.32 Å². The van der Waals surface area contributed by atoms with Crippen LogP contribution in [0.4, 0.5) is 10.2 Å². The summed E-state index contributed by atoms with van der Waals surface area (Å²) in [6, 6.07) is 10.3. The van der Waals surface area contributed by atoms with E-state index in [1.54, 1.807) is 18.2 Å². The van der Waals surface area contributed by atoms with Crippen LogP contribution in [0.1, 0.15) is 21.6 Å². The third-order valence-electron chi connectivity index (χ3n) is 4.26. The molecule has 1 aliphatic rings. The number of sulfone groups is 1. The van der Waals surface area contributed by atoms with Gasteiger partial charge in [0.15, 0.2) is 9.84 Å². The molecule has 1 amide bonds. The van der Waals surface area contributed by atoms with Crippen LogP contribution in [0.25, 0.3) is 5.69 Å². The average molecular weight is 485 g/mol. The van der Waals surface area contributed by atoms with Gasteiger partial charge in [-0.15, -0.1) is 0 Å². The smallest absolute Gasteiger partial charge is 0.258 e. The van der Waals surface area contributed by atoms with Crippen molar-refractivity contribution < 1.29 is 17.6 Å². The number of halogens is 3. The van der Waals surface area contributed by atoms with Crippen LogP contribution in [0.2, 0.25) is 5.02 Å². The predicted octanol–water partition coefficient (Wildman–Crippen LogP) is 4.11. The fourth-order valence-electron chi connectivity index (χ4n) is 2.99. The van der Waals surface area contributed by atoms with Crippen LogP contribution < -0.4 is 5.32 Å². The van der Waals surface area contributed by atoms with Gasteiger partial charge >= 0.3 is 0 Å². The van der Waals surface area contributed by atoms with Gasteiger partial charge in [0, 0.05) is 10.0 Å². The van der Waals surface area contributed by atoms with Gasteiger partial charge in [-0.3, -0.25) is 4.79 Å². The monoisotopic (exact) mass is 483 g/mol. The Balaban J connectivity index is 1.80. The maximum absolute atomic E-state index is 13.3. The van der Waals surface area contributed by atoms with Crippen molar-refractivity contribution in [3.8, 4) is 5.69 Å². The van der Waals surface area contributed by atoms with Crippen molar-refractivity contribution in [3.05, 3.63) is 74.6 Å². The number of aromatic nitrogens is 2. The van der Waals surface area contributed by atoms with Crippen molar-refractivity contribution in [1.29, 1.82) is 0 Å². The van der Waals surface area contributed by atoms with E-state index < -0.39 is 21.6 Å². The molecule has 0 unspecified atom stereocenters. The fraction of sp³-hybridized carbons (Fsp3) is 0.111. The van der Waals surface area contributed by atoms with Crippen molar-refractivity contribution in [1.82, 2.24) is 9.78 Å². The lowest BCUT2D eigenvalue weighted by Gasteiger charge is -2.12. The lowest BCUT2D eigenvalue weighted by molar-refractivity contribution is 0.102. The summed E-state index contributed by atoms with van der Waals surface area (Å²) in [7, 11) is -3.33. The second kappa shape index (κ2) is 6.98. The largest absolute Gasteiger partial charge is 0.306 e. The van der Waals surface area contributed by atoms with E-state index in [1.165, 1.54) is 28.9 Å². The number of anilines is 1. The highest BCUT2D eigenvalue weighted by molar-refractivity contribution is 9.10. The zero-order chi connectivity index (χ0) is 20.1. The molecule has 0 spiro atoms. The summed E-state index contributed by atoms with van der Waals surface area (Å²) < 4.78 is 39.4. The molecule has 4 rings (SSSR count). The number of hydrogen-bond acceptors (Lipinski definition) is 4. The maximum atomic E-state index is 13.3. The van der Waals surface area contributed by atoms with Crippen LogP contribution >= 0.6 is 27.5 Å². The first kappa shape index (κ1) is 19.1. The third kappa shape index (κ3) is 3.57. The zero-order valence-electron chi connectivity index (χ0n) is 14.1. The summed E-state index contributed by atoms with van der Waals surface area (Å²) in [4.78, 5) is 12.8. The van der Waals surface area contributed by atoms with Crippen LogP contribution in [0, 0.1) is 5.82 Å². The second-order valence-corrected chi connectivity index (χ2v) is 9.66. The number of hydrogen-bond donors (Lipinski definition) is 1. The first-order valence-corrected chi connectivity index (χ1v) is 11.1. The number of carbonyl (C=O) groups excluding carboxylic acids is 1. The first-order chi connectivity index (χ1) is 13.2. The van der Waals surface area contributed by atoms with Crippen LogP contribution in [-0.4, -0.2) is 24.1 Å². The van der Waals surface area contributed by atoms with Gasteiger partial charge in [0.1, 0.15) is 11.6 Å². The molecule has 0 aliphatic carbocycles. The Bertz CT molecular complexity index is 1210. The maximum Gasteiger partial charge on any atom is 0.258 e. The van der Waals surface area contributed by atoms with Gasteiger partial charge in [0.05, 0.1) is 33.5 Å². The van der Waals surface area contributed by atoms with Gasteiger partial charge < -0.3 is 5.32 Å². The molecule has 1 aromatic heterocycles. The number of amides is 1. The molecule has 28 heavy (non-hydrogen) atoms. The van der Waals surface area contributed by atoms with Crippen LogP contribution in [0.3, 0.4) is 0 Å². The highest BCUT2D eigenvalue weighted by Crippen LogP contribution is 2.33. The number of nitrogens with one attached hydrogen (secondary N) is 1. The van der Waals surface area contributed by atoms with Gasteiger partial charge in [-0.1, -0.05) is 27.5 Å². The molecule has 0 atom stereocenters. The number of benzene rings is 2. The van der Waals surface area contributed by atoms with Gasteiger partial charge in [-0.25, -0.2) is 17.5 Å². The molecular formula is C18H12BrClFN3O3S. The zero-order valence-corrected chi connectivity index (χ0v) is 17.3. The van der Waals surface area contributed by atoms with Crippen LogP contribution in [0.15, 0.2) is 46.9 Å². The van der Waals surface area contributed by atoms with Crippen molar-refractivity contribution in [2.45, 2.75) is 11.5 Å². The van der Waals surface area contributed by atoms with Gasteiger partial charge in [0.25, 0.3) is 5.91 Å². The van der Waals surface area contributed by atoms with E-state index in [4.69, 9.17) is 11.6 Å². The van der Waals surface area contributed by atoms with Crippen molar-refractivity contribution in [3.63, 3.8) is 0 Å². The molecule has 0 bridgehead atoms. The summed E-state index contributed by atoms with van der Waals surface area (Å²) >= 11 is 9.42. The number of rotatable bonds is 3. The minimum Gasteiger partial charge on any atom is -0.306 e. The van der Waals surface area contributed by atoms with Gasteiger partial charge in [-0.05, 0) is 42.5 Å².